The first kappa shape index (κ1) is 14.2. The van der Waals surface area contributed by atoms with Gasteiger partial charge in [-0.1, -0.05) is 13.8 Å². The van der Waals surface area contributed by atoms with Gasteiger partial charge in [-0.2, -0.15) is 0 Å². The molecule has 0 fully saturated rings. The normalized spacial score (nSPS) is 8.75. The van der Waals surface area contributed by atoms with Crippen LogP contribution in [0.1, 0.15) is 36.7 Å². The Morgan fingerprint density at radius 1 is 1.38 bits per heavy atom. The summed E-state index contributed by atoms with van der Waals surface area (Å²) in [7, 11) is 1.32. The summed E-state index contributed by atoms with van der Waals surface area (Å²) in [5.41, 5.74) is 7.43. The van der Waals surface area contributed by atoms with E-state index in [1.165, 1.54) is 7.11 Å². The van der Waals surface area contributed by atoms with Gasteiger partial charge in [0.05, 0.1) is 12.7 Å². The molecule has 0 aliphatic heterocycles. The average Bonchev–Trinajstić information content (AvgIpc) is 2.31. The maximum Gasteiger partial charge on any atom is 0.337 e. The second-order valence-corrected chi connectivity index (χ2v) is 2.92. The van der Waals surface area contributed by atoms with E-state index < -0.39 is 5.97 Å². The van der Waals surface area contributed by atoms with E-state index in [-0.39, 0.29) is 0 Å². The zero-order valence-corrected chi connectivity index (χ0v) is 10.1. The number of nitrogens with two attached hydrogens (primary N) is 1. The molecule has 16 heavy (non-hydrogen) atoms. The van der Waals surface area contributed by atoms with E-state index in [9.17, 15) is 4.79 Å². The lowest BCUT2D eigenvalue weighted by Gasteiger charge is -2.05. The van der Waals surface area contributed by atoms with Crippen LogP contribution in [0.5, 0.6) is 0 Å². The number of hydrogen-bond donors (Lipinski definition) is 2. The van der Waals surface area contributed by atoms with Gasteiger partial charge in [0.2, 0.25) is 0 Å². The summed E-state index contributed by atoms with van der Waals surface area (Å²) < 4.78 is 4.56. The quantitative estimate of drug-likeness (QED) is 0.458. The van der Waals surface area contributed by atoms with Gasteiger partial charge >= 0.3 is 5.97 Å². The molecule has 0 amide bonds. The highest BCUT2D eigenvalue weighted by molar-refractivity contribution is 6.03. The van der Waals surface area contributed by atoms with Gasteiger partial charge < -0.3 is 15.9 Å². The molecular formula is C12H18N2O2. The topological polar surface area (TPSA) is 76.2 Å². The van der Waals surface area contributed by atoms with Crippen molar-refractivity contribution in [3.8, 4) is 0 Å². The summed E-state index contributed by atoms with van der Waals surface area (Å²) in [6, 6.07) is 4.73. The van der Waals surface area contributed by atoms with E-state index in [4.69, 9.17) is 11.1 Å². The van der Waals surface area contributed by atoms with Crippen LogP contribution >= 0.6 is 0 Å². The predicted molar refractivity (Wildman–Crippen MR) is 66.0 cm³/mol. The molecule has 1 rings (SSSR count). The van der Waals surface area contributed by atoms with Gasteiger partial charge in [-0.15, -0.1) is 0 Å². The summed E-state index contributed by atoms with van der Waals surface area (Å²) >= 11 is 0. The molecule has 0 radical (unpaired) electrons. The van der Waals surface area contributed by atoms with Crippen LogP contribution in [0.25, 0.3) is 0 Å². The number of carbonyl (C=O) groups excluding carboxylic acids is 1. The van der Waals surface area contributed by atoms with Crippen molar-refractivity contribution in [3.63, 3.8) is 0 Å². The van der Waals surface area contributed by atoms with Gasteiger partial charge in [0, 0.05) is 17.0 Å². The molecule has 0 aliphatic rings. The Morgan fingerprint density at radius 2 is 1.94 bits per heavy atom. The molecule has 0 spiro atoms. The first-order valence-corrected chi connectivity index (χ1v) is 5.09. The lowest BCUT2D eigenvalue weighted by atomic mass is 10.1. The van der Waals surface area contributed by atoms with Crippen LogP contribution in [-0.2, 0) is 4.74 Å². The fourth-order valence-electron chi connectivity index (χ4n) is 1.13. The maximum atomic E-state index is 11.2. The second kappa shape index (κ2) is 6.61. The summed E-state index contributed by atoms with van der Waals surface area (Å²) in [4.78, 5) is 11.2. The highest BCUT2D eigenvalue weighted by atomic mass is 16.5. The number of carbonyl (C=O) groups is 1. The van der Waals surface area contributed by atoms with Crippen molar-refractivity contribution in [1.29, 1.82) is 5.41 Å². The molecular weight excluding hydrogens is 204 g/mol. The van der Waals surface area contributed by atoms with E-state index in [0.717, 1.165) is 0 Å². The van der Waals surface area contributed by atoms with Crippen molar-refractivity contribution in [2.45, 2.75) is 20.8 Å². The maximum absolute atomic E-state index is 11.2. The third kappa shape index (κ3) is 3.38. The minimum absolute atomic E-state index is 0.327. The van der Waals surface area contributed by atoms with Crippen molar-refractivity contribution in [1.82, 2.24) is 0 Å². The number of nitrogens with one attached hydrogen (secondary N) is 1. The zero-order chi connectivity index (χ0) is 12.7. The smallest absolute Gasteiger partial charge is 0.337 e. The lowest BCUT2D eigenvalue weighted by molar-refractivity contribution is 0.0601. The number of anilines is 1. The number of ether oxygens (including phenoxy) is 1. The Labute approximate surface area is 95.9 Å². The predicted octanol–water partition coefficient (Wildman–Crippen LogP) is 2.47. The number of methoxy groups -OCH3 is 1. The van der Waals surface area contributed by atoms with E-state index in [0.29, 0.717) is 22.5 Å². The largest absolute Gasteiger partial charge is 0.465 e. The summed E-state index contributed by atoms with van der Waals surface area (Å²) in [6.45, 7) is 5.62. The van der Waals surface area contributed by atoms with Crippen molar-refractivity contribution in [3.05, 3.63) is 29.3 Å². The van der Waals surface area contributed by atoms with E-state index in [1.54, 1.807) is 25.1 Å². The fourth-order valence-corrected chi connectivity index (χ4v) is 1.13. The Balaban J connectivity index is 0.00000106. The van der Waals surface area contributed by atoms with E-state index in [2.05, 4.69) is 4.74 Å². The average molecular weight is 222 g/mol. The highest BCUT2D eigenvalue weighted by Gasteiger charge is 2.09. The van der Waals surface area contributed by atoms with Crippen molar-refractivity contribution in [2.24, 2.45) is 0 Å². The number of rotatable bonds is 2. The summed E-state index contributed by atoms with van der Waals surface area (Å²) in [5.74, 6) is -0.424. The number of benzene rings is 1. The van der Waals surface area contributed by atoms with Crippen LogP contribution in [0.2, 0.25) is 0 Å². The van der Waals surface area contributed by atoms with Gasteiger partial charge in [-0.25, -0.2) is 4.79 Å². The second-order valence-electron chi connectivity index (χ2n) is 2.92. The highest BCUT2D eigenvalue weighted by Crippen LogP contribution is 2.15. The molecule has 0 atom stereocenters. The summed E-state index contributed by atoms with van der Waals surface area (Å²) in [5, 5.41) is 7.44. The van der Waals surface area contributed by atoms with Crippen LogP contribution in [0, 0.1) is 5.41 Å². The summed E-state index contributed by atoms with van der Waals surface area (Å²) in [6.07, 6.45) is 0. The molecule has 0 saturated carbocycles. The van der Waals surface area contributed by atoms with Crippen LogP contribution in [0.3, 0.4) is 0 Å². The number of esters is 1. The molecule has 3 N–H and O–H groups in total. The van der Waals surface area contributed by atoms with Gasteiger partial charge in [0.1, 0.15) is 0 Å². The Kier molecular flexibility index (Phi) is 5.85. The van der Waals surface area contributed by atoms with Crippen molar-refractivity contribution >= 4 is 17.4 Å². The van der Waals surface area contributed by atoms with Gasteiger partial charge in [-0.05, 0) is 25.1 Å². The molecule has 88 valence electrons. The fraction of sp³-hybridized carbons (Fsp3) is 0.333. The first-order valence-electron chi connectivity index (χ1n) is 5.09. The molecule has 0 saturated heterocycles. The molecule has 4 nitrogen and oxygen atoms in total. The van der Waals surface area contributed by atoms with Gasteiger partial charge in [-0.3, -0.25) is 0 Å². The van der Waals surface area contributed by atoms with Crippen LogP contribution in [0.4, 0.5) is 5.69 Å². The molecule has 1 aromatic rings. The van der Waals surface area contributed by atoms with Crippen LogP contribution in [0.15, 0.2) is 18.2 Å². The van der Waals surface area contributed by atoms with Gasteiger partial charge in [0.25, 0.3) is 0 Å². The Bertz CT molecular complexity index is 387. The Hall–Kier alpha value is -1.84. The molecule has 0 bridgehead atoms. The molecule has 0 aliphatic carbocycles. The number of nitrogen functional groups attached to an aromatic ring is 1. The molecule has 0 unspecified atom stereocenters. The van der Waals surface area contributed by atoms with Crippen molar-refractivity contribution in [2.75, 3.05) is 12.8 Å². The molecule has 1 aromatic carbocycles. The van der Waals surface area contributed by atoms with Gasteiger partial charge in [0.15, 0.2) is 0 Å². The zero-order valence-electron chi connectivity index (χ0n) is 10.1. The van der Waals surface area contributed by atoms with E-state index >= 15 is 0 Å². The third-order valence-electron chi connectivity index (χ3n) is 1.88. The minimum atomic E-state index is -0.424. The molecule has 0 heterocycles. The lowest BCUT2D eigenvalue weighted by Crippen LogP contribution is -2.06. The van der Waals surface area contributed by atoms with Crippen molar-refractivity contribution < 1.29 is 9.53 Å². The molecule has 4 heteroatoms. The minimum Gasteiger partial charge on any atom is -0.465 e. The third-order valence-corrected chi connectivity index (χ3v) is 1.88. The standard InChI is InChI=1S/C10H12N2O2.C2H6/c1-6(11)8-5-7(10(13)14-2)3-4-9(8)12;1-2/h3-5,11H,12H2,1-2H3;1-2H3. The monoisotopic (exact) mass is 222 g/mol. The van der Waals surface area contributed by atoms with Crippen LogP contribution < -0.4 is 5.73 Å². The SMILES string of the molecule is CC.COC(=O)c1ccc(N)c(C(C)=N)c1. The number of hydrogen-bond acceptors (Lipinski definition) is 4. The van der Waals surface area contributed by atoms with Crippen LogP contribution in [-0.4, -0.2) is 18.8 Å². The Morgan fingerprint density at radius 3 is 2.38 bits per heavy atom. The first-order chi connectivity index (χ1) is 7.56. The molecule has 0 aromatic heterocycles. The van der Waals surface area contributed by atoms with E-state index in [1.807, 2.05) is 13.8 Å².